The van der Waals surface area contributed by atoms with E-state index in [9.17, 15) is 9.18 Å². The molecule has 94 valence electrons. The van der Waals surface area contributed by atoms with Crippen LogP contribution in [0.25, 0.3) is 0 Å². The van der Waals surface area contributed by atoms with E-state index in [2.05, 4.69) is 21.0 Å². The van der Waals surface area contributed by atoms with Gasteiger partial charge < -0.3 is 4.74 Å². The van der Waals surface area contributed by atoms with Gasteiger partial charge in [-0.1, -0.05) is 15.9 Å². The fourth-order valence-electron chi connectivity index (χ4n) is 1.62. The predicted molar refractivity (Wildman–Crippen MR) is 67.3 cm³/mol. The first kappa shape index (κ1) is 12.8. The van der Waals surface area contributed by atoms with E-state index in [1.165, 1.54) is 36.2 Å². The van der Waals surface area contributed by atoms with Gasteiger partial charge in [0, 0.05) is 17.1 Å². The average Bonchev–Trinajstić information content (AvgIpc) is 2.72. The molecule has 2 rings (SSSR count). The van der Waals surface area contributed by atoms with Crippen LogP contribution in [0.15, 0.2) is 28.9 Å². The van der Waals surface area contributed by atoms with Crippen LogP contribution in [-0.2, 0) is 7.05 Å². The number of aryl methyl sites for hydroxylation is 1. The van der Waals surface area contributed by atoms with E-state index < -0.39 is 5.82 Å². The van der Waals surface area contributed by atoms with Crippen LogP contribution in [0.2, 0.25) is 0 Å². The lowest BCUT2D eigenvalue weighted by Crippen LogP contribution is -2.10. The summed E-state index contributed by atoms with van der Waals surface area (Å²) in [6.07, 6.45) is 1.44. The molecule has 6 heteroatoms. The van der Waals surface area contributed by atoms with Crippen LogP contribution in [0.5, 0.6) is 5.75 Å². The number of methoxy groups -OCH3 is 1. The van der Waals surface area contributed by atoms with Crippen LogP contribution < -0.4 is 4.74 Å². The molecule has 0 N–H and O–H groups in total. The summed E-state index contributed by atoms with van der Waals surface area (Å²) in [5.41, 5.74) is 0.515. The molecule has 0 aliphatic carbocycles. The highest BCUT2D eigenvalue weighted by Crippen LogP contribution is 2.25. The fourth-order valence-corrected chi connectivity index (χ4v) is 2.05. The van der Waals surface area contributed by atoms with Gasteiger partial charge in [-0.3, -0.25) is 9.48 Å². The van der Waals surface area contributed by atoms with Crippen molar-refractivity contribution in [3.63, 3.8) is 0 Å². The van der Waals surface area contributed by atoms with Gasteiger partial charge in [-0.2, -0.15) is 5.10 Å². The zero-order valence-electron chi connectivity index (χ0n) is 9.78. The Morgan fingerprint density at radius 2 is 2.22 bits per heavy atom. The van der Waals surface area contributed by atoms with Gasteiger partial charge in [0.25, 0.3) is 0 Å². The zero-order chi connectivity index (χ0) is 13.3. The Morgan fingerprint density at radius 3 is 2.89 bits per heavy atom. The minimum absolute atomic E-state index is 0.233. The number of benzene rings is 1. The second-order valence-electron chi connectivity index (χ2n) is 3.64. The number of carbonyl (C=O) groups is 1. The first-order valence-electron chi connectivity index (χ1n) is 5.10. The van der Waals surface area contributed by atoms with Crippen LogP contribution in [-0.4, -0.2) is 22.7 Å². The third kappa shape index (κ3) is 2.15. The van der Waals surface area contributed by atoms with Crippen molar-refractivity contribution in [2.45, 2.75) is 0 Å². The Labute approximate surface area is 111 Å². The molecule has 2 aromatic rings. The van der Waals surface area contributed by atoms with E-state index >= 15 is 0 Å². The number of halogens is 2. The van der Waals surface area contributed by atoms with E-state index in [-0.39, 0.29) is 17.0 Å². The highest BCUT2D eigenvalue weighted by Gasteiger charge is 2.21. The molecule has 0 atom stereocenters. The molecule has 0 aliphatic rings. The molecular formula is C12H10BrFN2O2. The number of aromatic nitrogens is 2. The first-order valence-corrected chi connectivity index (χ1v) is 5.89. The van der Waals surface area contributed by atoms with E-state index in [1.54, 1.807) is 7.05 Å². The van der Waals surface area contributed by atoms with Crippen molar-refractivity contribution in [1.29, 1.82) is 0 Å². The van der Waals surface area contributed by atoms with E-state index in [0.29, 0.717) is 10.2 Å². The van der Waals surface area contributed by atoms with Crippen molar-refractivity contribution < 1.29 is 13.9 Å². The molecule has 0 saturated heterocycles. The van der Waals surface area contributed by atoms with Crippen molar-refractivity contribution in [2.24, 2.45) is 7.05 Å². The molecule has 0 saturated carbocycles. The van der Waals surface area contributed by atoms with Crippen molar-refractivity contribution in [3.8, 4) is 5.75 Å². The molecule has 18 heavy (non-hydrogen) atoms. The average molecular weight is 313 g/mol. The Bertz CT molecular complexity index is 610. The quantitative estimate of drug-likeness (QED) is 0.818. The second kappa shape index (κ2) is 4.89. The van der Waals surface area contributed by atoms with Crippen LogP contribution >= 0.6 is 15.9 Å². The van der Waals surface area contributed by atoms with E-state index in [1.807, 2.05) is 0 Å². The van der Waals surface area contributed by atoms with Crippen molar-refractivity contribution >= 4 is 21.7 Å². The fraction of sp³-hybridized carbons (Fsp3) is 0.167. The molecule has 0 unspecified atom stereocenters. The third-order valence-corrected chi connectivity index (χ3v) is 3.20. The summed E-state index contributed by atoms with van der Waals surface area (Å²) in [5, 5.41) is 3.95. The lowest BCUT2D eigenvalue weighted by atomic mass is 10.1. The van der Waals surface area contributed by atoms with Crippen LogP contribution in [0.3, 0.4) is 0 Å². The normalized spacial score (nSPS) is 10.4. The molecule has 0 amide bonds. The summed E-state index contributed by atoms with van der Waals surface area (Å²) >= 11 is 3.23. The van der Waals surface area contributed by atoms with Gasteiger partial charge in [0.2, 0.25) is 5.78 Å². The lowest BCUT2D eigenvalue weighted by molar-refractivity contribution is 0.102. The van der Waals surface area contributed by atoms with Crippen LogP contribution in [0, 0.1) is 5.82 Å². The first-order chi connectivity index (χ1) is 8.54. The molecule has 1 aromatic carbocycles. The maximum atomic E-state index is 13.2. The predicted octanol–water partition coefficient (Wildman–Crippen LogP) is 2.56. The number of nitrogens with zero attached hydrogens (tertiary/aromatic N) is 2. The topological polar surface area (TPSA) is 44.1 Å². The van der Waals surface area contributed by atoms with Gasteiger partial charge in [-0.25, -0.2) is 4.39 Å². The highest BCUT2D eigenvalue weighted by molar-refractivity contribution is 9.10. The number of ketones is 1. The van der Waals surface area contributed by atoms with Crippen molar-refractivity contribution in [1.82, 2.24) is 9.78 Å². The zero-order valence-corrected chi connectivity index (χ0v) is 11.4. The molecule has 0 fully saturated rings. The molecule has 4 nitrogen and oxygen atoms in total. The highest BCUT2D eigenvalue weighted by atomic mass is 79.9. The molecule has 1 aromatic heterocycles. The number of carbonyl (C=O) groups excluding carboxylic acids is 1. The van der Waals surface area contributed by atoms with Crippen molar-refractivity contribution in [3.05, 3.63) is 45.9 Å². The maximum Gasteiger partial charge on any atom is 0.216 e. The number of hydrogen-bond acceptors (Lipinski definition) is 3. The van der Waals surface area contributed by atoms with Crippen LogP contribution in [0.1, 0.15) is 16.1 Å². The van der Waals surface area contributed by atoms with Gasteiger partial charge in [0.05, 0.1) is 13.3 Å². The van der Waals surface area contributed by atoms with Crippen LogP contribution in [0.4, 0.5) is 4.39 Å². The van der Waals surface area contributed by atoms with Gasteiger partial charge in [0.1, 0.15) is 5.82 Å². The largest absolute Gasteiger partial charge is 0.493 e. The molecular weight excluding hydrogens is 303 g/mol. The molecule has 0 radical (unpaired) electrons. The third-order valence-electron chi connectivity index (χ3n) is 2.51. The Morgan fingerprint density at radius 1 is 1.50 bits per heavy atom. The lowest BCUT2D eigenvalue weighted by Gasteiger charge is -2.06. The summed E-state index contributed by atoms with van der Waals surface area (Å²) in [7, 11) is 3.08. The molecule has 1 heterocycles. The summed E-state index contributed by atoms with van der Waals surface area (Å²) in [5.74, 6) is -0.459. The van der Waals surface area contributed by atoms with E-state index in [0.717, 1.165) is 0 Å². The number of rotatable bonds is 3. The Balaban J connectivity index is 2.54. The van der Waals surface area contributed by atoms with Crippen molar-refractivity contribution in [2.75, 3.05) is 7.11 Å². The number of ether oxygens (including phenoxy) is 1. The summed E-state index contributed by atoms with van der Waals surface area (Å²) in [6.45, 7) is 0. The van der Waals surface area contributed by atoms with Gasteiger partial charge in [-0.05, 0) is 18.2 Å². The number of hydrogen-bond donors (Lipinski definition) is 0. The summed E-state index contributed by atoms with van der Waals surface area (Å²) in [6, 6.07) is 3.95. The smallest absolute Gasteiger partial charge is 0.216 e. The standard InChI is InChI=1S/C12H10BrFN2O2/c1-16-11(10(18-2)6-15-16)12(17)8-5-7(14)3-4-9(8)13/h3-6H,1-2H3. The Hall–Kier alpha value is -1.69. The molecule has 0 bridgehead atoms. The minimum atomic E-state index is -0.470. The summed E-state index contributed by atoms with van der Waals surface area (Å²) < 4.78 is 20.2. The maximum absolute atomic E-state index is 13.2. The Kier molecular flexibility index (Phi) is 3.47. The molecule has 0 aliphatic heterocycles. The van der Waals surface area contributed by atoms with E-state index in [4.69, 9.17) is 4.74 Å². The SMILES string of the molecule is COc1cnn(C)c1C(=O)c1cc(F)ccc1Br. The molecule has 0 spiro atoms. The van der Waals surface area contributed by atoms with Gasteiger partial charge in [0.15, 0.2) is 11.4 Å². The minimum Gasteiger partial charge on any atom is -0.493 e. The monoisotopic (exact) mass is 312 g/mol. The summed E-state index contributed by atoms with van der Waals surface area (Å²) in [4.78, 5) is 12.3. The van der Waals surface area contributed by atoms with Gasteiger partial charge in [-0.15, -0.1) is 0 Å². The second-order valence-corrected chi connectivity index (χ2v) is 4.49. The van der Waals surface area contributed by atoms with Gasteiger partial charge >= 0.3 is 0 Å².